The van der Waals surface area contributed by atoms with Crippen LogP contribution in [0.1, 0.15) is 37.8 Å². The summed E-state index contributed by atoms with van der Waals surface area (Å²) >= 11 is 0. The molecule has 2 unspecified atom stereocenters. The molecule has 0 aliphatic heterocycles. The van der Waals surface area contributed by atoms with E-state index >= 15 is 0 Å². The van der Waals surface area contributed by atoms with Crippen molar-refractivity contribution in [1.82, 2.24) is 5.32 Å². The Kier molecular flexibility index (Phi) is 4.13. The molecule has 0 aromatic heterocycles. The summed E-state index contributed by atoms with van der Waals surface area (Å²) in [6.45, 7) is 1.92. The van der Waals surface area contributed by atoms with Crippen LogP contribution in [0.25, 0.3) is 0 Å². The molecule has 2 nitrogen and oxygen atoms in total. The second-order valence-corrected chi connectivity index (χ2v) is 4.76. The van der Waals surface area contributed by atoms with Gasteiger partial charge in [0.1, 0.15) is 5.82 Å². The van der Waals surface area contributed by atoms with Crippen LogP contribution in [-0.2, 0) is 4.79 Å². The van der Waals surface area contributed by atoms with Gasteiger partial charge in [0.05, 0.1) is 6.04 Å². The average molecular weight is 247 g/mol. The molecule has 2 atom stereocenters. The molecule has 1 N–H and O–H groups in total. The lowest BCUT2D eigenvalue weighted by Gasteiger charge is -2.21. The predicted molar refractivity (Wildman–Crippen MR) is 69.4 cm³/mol. The maximum atomic E-state index is 12.8. The number of halogens is 1. The summed E-state index contributed by atoms with van der Waals surface area (Å²) in [5.41, 5.74) is 0.927. The fourth-order valence-corrected chi connectivity index (χ4v) is 2.20. The number of nitrogens with one attached hydrogen (secondary N) is 1. The molecule has 0 spiro atoms. The maximum Gasteiger partial charge on any atom is 0.223 e. The van der Waals surface area contributed by atoms with Crippen LogP contribution in [0.2, 0.25) is 0 Å². The molecule has 18 heavy (non-hydrogen) atoms. The highest BCUT2D eigenvalue weighted by atomic mass is 19.1. The van der Waals surface area contributed by atoms with Crippen molar-refractivity contribution in [3.63, 3.8) is 0 Å². The van der Waals surface area contributed by atoms with Crippen LogP contribution in [0.15, 0.2) is 36.4 Å². The molecule has 3 heteroatoms. The minimum atomic E-state index is -0.255. The van der Waals surface area contributed by atoms with Gasteiger partial charge in [-0.15, -0.1) is 0 Å². The molecule has 0 saturated carbocycles. The van der Waals surface area contributed by atoms with Crippen molar-refractivity contribution in [3.05, 3.63) is 47.8 Å². The highest BCUT2D eigenvalue weighted by Crippen LogP contribution is 2.20. The third-order valence-electron chi connectivity index (χ3n) is 3.37. The molecule has 1 aromatic rings. The molecule has 1 amide bonds. The number of amides is 1. The summed E-state index contributed by atoms with van der Waals surface area (Å²) in [7, 11) is 0. The topological polar surface area (TPSA) is 29.1 Å². The van der Waals surface area contributed by atoms with E-state index in [1.807, 2.05) is 6.92 Å². The maximum absolute atomic E-state index is 12.8. The summed E-state index contributed by atoms with van der Waals surface area (Å²) in [4.78, 5) is 12.0. The Labute approximate surface area is 107 Å². The second-order valence-electron chi connectivity index (χ2n) is 4.76. The monoisotopic (exact) mass is 247 g/mol. The molecular formula is C15H18FNO. The normalized spacial score (nSPS) is 20.4. The fourth-order valence-electron chi connectivity index (χ4n) is 2.20. The first-order valence-corrected chi connectivity index (χ1v) is 6.37. The predicted octanol–water partition coefficient (Wildman–Crippen LogP) is 3.36. The van der Waals surface area contributed by atoms with Gasteiger partial charge in [0.25, 0.3) is 0 Å². The van der Waals surface area contributed by atoms with Crippen LogP contribution in [0, 0.1) is 11.7 Å². The van der Waals surface area contributed by atoms with E-state index in [-0.39, 0.29) is 23.7 Å². The molecule has 1 aromatic carbocycles. The first kappa shape index (κ1) is 12.8. The highest BCUT2D eigenvalue weighted by molar-refractivity contribution is 5.79. The molecule has 2 rings (SSSR count). The van der Waals surface area contributed by atoms with Crippen LogP contribution >= 0.6 is 0 Å². The quantitative estimate of drug-likeness (QED) is 0.815. The van der Waals surface area contributed by atoms with E-state index in [0.29, 0.717) is 0 Å². The molecule has 1 aliphatic rings. The molecule has 0 heterocycles. The van der Waals surface area contributed by atoms with Crippen LogP contribution < -0.4 is 5.32 Å². The largest absolute Gasteiger partial charge is 0.349 e. The minimum Gasteiger partial charge on any atom is -0.349 e. The SMILES string of the molecule is CC(NC(=O)C1CC=CCC1)c1ccc(F)cc1. The van der Waals surface area contributed by atoms with Crippen molar-refractivity contribution in [3.8, 4) is 0 Å². The van der Waals surface area contributed by atoms with Crippen LogP contribution in [-0.4, -0.2) is 5.91 Å². The first-order chi connectivity index (χ1) is 8.66. The second kappa shape index (κ2) is 5.80. The third kappa shape index (κ3) is 3.19. The van der Waals surface area contributed by atoms with Crippen LogP contribution in [0.4, 0.5) is 4.39 Å². The summed E-state index contributed by atoms with van der Waals surface area (Å²) < 4.78 is 12.8. The Morgan fingerprint density at radius 3 is 2.67 bits per heavy atom. The Bertz CT molecular complexity index is 438. The number of benzene rings is 1. The molecule has 0 fully saturated rings. The van der Waals surface area contributed by atoms with Gasteiger partial charge in [-0.2, -0.15) is 0 Å². The van der Waals surface area contributed by atoms with E-state index in [4.69, 9.17) is 0 Å². The zero-order valence-corrected chi connectivity index (χ0v) is 10.5. The molecule has 1 aliphatic carbocycles. The Hall–Kier alpha value is -1.64. The van der Waals surface area contributed by atoms with E-state index in [0.717, 1.165) is 24.8 Å². The van der Waals surface area contributed by atoms with Crippen molar-refractivity contribution in [2.45, 2.75) is 32.2 Å². The van der Waals surface area contributed by atoms with Crippen molar-refractivity contribution < 1.29 is 9.18 Å². The number of hydrogen-bond donors (Lipinski definition) is 1. The van der Waals surface area contributed by atoms with Gasteiger partial charge in [-0.3, -0.25) is 4.79 Å². The number of allylic oxidation sites excluding steroid dienone is 2. The Balaban J connectivity index is 1.94. The lowest BCUT2D eigenvalue weighted by molar-refractivity contribution is -0.125. The number of rotatable bonds is 3. The standard InChI is InChI=1S/C15H18FNO/c1-11(12-7-9-14(16)10-8-12)17-15(18)13-5-3-2-4-6-13/h2-3,7-11,13H,4-6H2,1H3,(H,17,18). The van der Waals surface area contributed by atoms with Crippen molar-refractivity contribution >= 4 is 5.91 Å². The van der Waals surface area contributed by atoms with Crippen LogP contribution in [0.3, 0.4) is 0 Å². The fraction of sp³-hybridized carbons (Fsp3) is 0.400. The minimum absolute atomic E-state index is 0.0796. The van der Waals surface area contributed by atoms with Gasteiger partial charge in [0, 0.05) is 5.92 Å². The van der Waals surface area contributed by atoms with Gasteiger partial charge in [-0.05, 0) is 43.9 Å². The smallest absolute Gasteiger partial charge is 0.223 e. The van der Waals surface area contributed by atoms with E-state index in [1.165, 1.54) is 12.1 Å². The average Bonchev–Trinajstić information content (AvgIpc) is 2.40. The summed E-state index contributed by atoms with van der Waals surface area (Å²) in [5, 5.41) is 2.99. The van der Waals surface area contributed by atoms with Gasteiger partial charge in [-0.25, -0.2) is 4.39 Å². The number of carbonyl (C=O) groups excluding carboxylic acids is 1. The summed E-state index contributed by atoms with van der Waals surface area (Å²) in [5.74, 6) is -0.0798. The lowest BCUT2D eigenvalue weighted by atomic mass is 9.93. The summed E-state index contributed by atoms with van der Waals surface area (Å²) in [6.07, 6.45) is 6.90. The lowest BCUT2D eigenvalue weighted by Crippen LogP contribution is -2.33. The van der Waals surface area contributed by atoms with Crippen molar-refractivity contribution in [2.24, 2.45) is 5.92 Å². The number of hydrogen-bond acceptors (Lipinski definition) is 1. The Morgan fingerprint density at radius 2 is 2.06 bits per heavy atom. The van der Waals surface area contributed by atoms with E-state index in [9.17, 15) is 9.18 Å². The number of carbonyl (C=O) groups is 1. The Morgan fingerprint density at radius 1 is 1.33 bits per heavy atom. The molecule has 0 bridgehead atoms. The van der Waals surface area contributed by atoms with Gasteiger partial charge >= 0.3 is 0 Å². The molecule has 96 valence electrons. The van der Waals surface area contributed by atoms with E-state index in [1.54, 1.807) is 12.1 Å². The molecule has 0 saturated heterocycles. The van der Waals surface area contributed by atoms with E-state index in [2.05, 4.69) is 17.5 Å². The van der Waals surface area contributed by atoms with E-state index < -0.39 is 0 Å². The summed E-state index contributed by atoms with van der Waals surface area (Å²) in [6, 6.07) is 6.18. The van der Waals surface area contributed by atoms with Gasteiger partial charge < -0.3 is 5.32 Å². The van der Waals surface area contributed by atoms with Crippen molar-refractivity contribution in [1.29, 1.82) is 0 Å². The van der Waals surface area contributed by atoms with Gasteiger partial charge in [-0.1, -0.05) is 24.3 Å². The highest BCUT2D eigenvalue weighted by Gasteiger charge is 2.20. The molecule has 0 radical (unpaired) electrons. The molecular weight excluding hydrogens is 229 g/mol. The third-order valence-corrected chi connectivity index (χ3v) is 3.37. The van der Waals surface area contributed by atoms with Crippen molar-refractivity contribution in [2.75, 3.05) is 0 Å². The zero-order valence-electron chi connectivity index (χ0n) is 10.5. The first-order valence-electron chi connectivity index (χ1n) is 6.37. The zero-order chi connectivity index (χ0) is 13.0. The van der Waals surface area contributed by atoms with Gasteiger partial charge in [0.2, 0.25) is 5.91 Å². The van der Waals surface area contributed by atoms with Crippen LogP contribution in [0.5, 0.6) is 0 Å². The van der Waals surface area contributed by atoms with Gasteiger partial charge in [0.15, 0.2) is 0 Å².